The van der Waals surface area contributed by atoms with Crippen LogP contribution in [0.2, 0.25) is 5.02 Å². The van der Waals surface area contributed by atoms with Crippen molar-refractivity contribution in [3.05, 3.63) is 69.1 Å². The van der Waals surface area contributed by atoms with Gasteiger partial charge in [-0.2, -0.15) is 0 Å². The normalized spacial score (nSPS) is 10.5. The van der Waals surface area contributed by atoms with Gasteiger partial charge in [-0.05, 0) is 30.2 Å². The molecular weight excluding hydrogens is 304 g/mol. The van der Waals surface area contributed by atoms with E-state index in [1.54, 1.807) is 23.1 Å². The third-order valence-corrected chi connectivity index (χ3v) is 3.39. The van der Waals surface area contributed by atoms with Crippen LogP contribution < -0.4 is 5.56 Å². The summed E-state index contributed by atoms with van der Waals surface area (Å²) in [4.78, 5) is 28.0. The van der Waals surface area contributed by atoms with Crippen molar-refractivity contribution in [2.45, 2.75) is 13.0 Å². The van der Waals surface area contributed by atoms with Crippen molar-refractivity contribution in [1.29, 1.82) is 0 Å². The van der Waals surface area contributed by atoms with Crippen LogP contribution in [0.1, 0.15) is 22.3 Å². The molecule has 0 radical (unpaired) electrons. The zero-order valence-electron chi connectivity index (χ0n) is 12.0. The molecule has 0 aliphatic carbocycles. The minimum atomic E-state index is -0.323. The molecule has 0 saturated carbocycles. The number of aromatic amines is 1. The van der Waals surface area contributed by atoms with E-state index in [1.807, 2.05) is 12.1 Å². The van der Waals surface area contributed by atoms with E-state index in [1.165, 1.54) is 12.3 Å². The van der Waals surface area contributed by atoms with E-state index in [0.29, 0.717) is 30.1 Å². The lowest BCUT2D eigenvalue weighted by Crippen LogP contribution is -2.32. The summed E-state index contributed by atoms with van der Waals surface area (Å²) in [5, 5.41) is 9.61. The van der Waals surface area contributed by atoms with Crippen molar-refractivity contribution < 1.29 is 9.90 Å². The van der Waals surface area contributed by atoms with Gasteiger partial charge in [0.05, 0.1) is 0 Å². The van der Waals surface area contributed by atoms with Crippen LogP contribution in [-0.2, 0) is 6.54 Å². The molecule has 116 valence electrons. The number of carbonyl (C=O) groups is 1. The highest BCUT2D eigenvalue weighted by atomic mass is 35.5. The molecular formula is C16H17ClN2O3. The number of nitrogens with zero attached hydrogens (tertiary/aromatic N) is 1. The molecule has 1 heterocycles. The minimum absolute atomic E-state index is 0.00526. The number of nitrogens with one attached hydrogen (secondary N) is 1. The Labute approximate surface area is 133 Å². The number of aliphatic hydroxyl groups excluding tert-OH is 1. The van der Waals surface area contributed by atoms with Gasteiger partial charge >= 0.3 is 0 Å². The number of amides is 1. The highest BCUT2D eigenvalue weighted by Crippen LogP contribution is 2.14. The number of benzene rings is 1. The first-order valence-corrected chi connectivity index (χ1v) is 7.31. The van der Waals surface area contributed by atoms with Crippen LogP contribution in [-0.4, -0.2) is 34.0 Å². The highest BCUT2D eigenvalue weighted by Gasteiger charge is 2.16. The van der Waals surface area contributed by atoms with Gasteiger partial charge in [0.25, 0.3) is 5.91 Å². The number of rotatable bonds is 6. The van der Waals surface area contributed by atoms with Gasteiger partial charge in [-0.15, -0.1) is 0 Å². The summed E-state index contributed by atoms with van der Waals surface area (Å²) in [6, 6.07) is 10.1. The number of pyridine rings is 1. The second-order valence-corrected chi connectivity index (χ2v) is 5.31. The van der Waals surface area contributed by atoms with Crippen molar-refractivity contribution in [2.75, 3.05) is 13.2 Å². The maximum Gasteiger partial charge on any atom is 0.254 e. The number of hydrogen-bond acceptors (Lipinski definition) is 3. The number of hydrogen-bond donors (Lipinski definition) is 2. The van der Waals surface area contributed by atoms with Gasteiger partial charge in [0.15, 0.2) is 0 Å². The molecule has 0 bridgehead atoms. The van der Waals surface area contributed by atoms with Gasteiger partial charge in [-0.25, -0.2) is 0 Å². The number of aliphatic hydroxyl groups is 1. The molecule has 1 amide bonds. The van der Waals surface area contributed by atoms with Crippen LogP contribution in [0.3, 0.4) is 0 Å². The van der Waals surface area contributed by atoms with E-state index in [4.69, 9.17) is 16.7 Å². The maximum absolute atomic E-state index is 12.6. The van der Waals surface area contributed by atoms with Crippen LogP contribution in [0.4, 0.5) is 0 Å². The first kappa shape index (κ1) is 16.3. The molecule has 22 heavy (non-hydrogen) atoms. The smallest absolute Gasteiger partial charge is 0.254 e. The first-order valence-electron chi connectivity index (χ1n) is 6.93. The van der Waals surface area contributed by atoms with Crippen molar-refractivity contribution in [1.82, 2.24) is 9.88 Å². The molecule has 6 heteroatoms. The minimum Gasteiger partial charge on any atom is -0.396 e. The maximum atomic E-state index is 12.6. The van der Waals surface area contributed by atoms with Crippen LogP contribution in [0.15, 0.2) is 47.4 Å². The Bertz CT molecular complexity index is 700. The second-order valence-electron chi connectivity index (χ2n) is 4.88. The van der Waals surface area contributed by atoms with E-state index in [-0.39, 0.29) is 18.1 Å². The Morgan fingerprint density at radius 1 is 1.27 bits per heavy atom. The van der Waals surface area contributed by atoms with Crippen LogP contribution in [0.5, 0.6) is 0 Å². The van der Waals surface area contributed by atoms with Gasteiger partial charge in [0, 0.05) is 42.5 Å². The van der Waals surface area contributed by atoms with Crippen molar-refractivity contribution in [3.63, 3.8) is 0 Å². The molecule has 1 aromatic heterocycles. The summed E-state index contributed by atoms with van der Waals surface area (Å²) in [6.07, 6.45) is 1.91. The molecule has 0 aliphatic heterocycles. The molecule has 0 atom stereocenters. The lowest BCUT2D eigenvalue weighted by atomic mass is 10.1. The van der Waals surface area contributed by atoms with Crippen molar-refractivity contribution in [3.8, 4) is 0 Å². The predicted molar refractivity (Wildman–Crippen MR) is 85.0 cm³/mol. The van der Waals surface area contributed by atoms with Gasteiger partial charge in [-0.3, -0.25) is 9.59 Å². The third kappa shape index (κ3) is 4.44. The van der Waals surface area contributed by atoms with E-state index in [2.05, 4.69) is 4.98 Å². The zero-order chi connectivity index (χ0) is 15.9. The van der Waals surface area contributed by atoms with E-state index in [0.717, 1.165) is 5.56 Å². The Balaban J connectivity index is 2.21. The van der Waals surface area contributed by atoms with Gasteiger partial charge in [0.1, 0.15) is 0 Å². The lowest BCUT2D eigenvalue weighted by molar-refractivity contribution is 0.0731. The number of halogens is 1. The fourth-order valence-corrected chi connectivity index (χ4v) is 2.34. The fourth-order valence-electron chi connectivity index (χ4n) is 2.13. The van der Waals surface area contributed by atoms with E-state index in [9.17, 15) is 9.59 Å². The van der Waals surface area contributed by atoms with Crippen LogP contribution >= 0.6 is 11.6 Å². The van der Waals surface area contributed by atoms with E-state index < -0.39 is 0 Å². The predicted octanol–water partition coefficient (Wildman–Crippen LogP) is 2.05. The molecule has 0 unspecified atom stereocenters. The highest BCUT2D eigenvalue weighted by molar-refractivity contribution is 6.30. The SMILES string of the molecule is O=C(c1cc[nH]c(=O)c1)N(CCCO)Cc1cccc(Cl)c1. The molecule has 2 aromatic rings. The largest absolute Gasteiger partial charge is 0.396 e. The summed E-state index contributed by atoms with van der Waals surface area (Å²) >= 11 is 5.96. The molecule has 2 rings (SSSR count). The molecule has 0 aliphatic rings. The second kappa shape index (κ2) is 7.77. The van der Waals surface area contributed by atoms with Crippen molar-refractivity contribution in [2.24, 2.45) is 0 Å². The standard InChI is InChI=1S/C16H17ClN2O3/c17-14-4-1-3-12(9-14)11-19(7-2-8-20)16(22)13-5-6-18-15(21)10-13/h1,3-6,9-10,20H,2,7-8,11H2,(H,18,21). The molecule has 0 saturated heterocycles. The summed E-state index contributed by atoms with van der Waals surface area (Å²) in [6.45, 7) is 0.759. The van der Waals surface area contributed by atoms with E-state index >= 15 is 0 Å². The van der Waals surface area contributed by atoms with Gasteiger partial charge in [-0.1, -0.05) is 23.7 Å². The van der Waals surface area contributed by atoms with Crippen LogP contribution in [0, 0.1) is 0 Å². The summed E-state index contributed by atoms with van der Waals surface area (Å²) < 4.78 is 0. The fraction of sp³-hybridized carbons (Fsp3) is 0.250. The number of aromatic nitrogens is 1. The Morgan fingerprint density at radius 2 is 2.09 bits per heavy atom. The molecule has 1 aromatic carbocycles. The Morgan fingerprint density at radius 3 is 2.77 bits per heavy atom. The summed E-state index contributed by atoms with van der Waals surface area (Å²) in [5.41, 5.74) is 0.892. The molecule has 2 N–H and O–H groups in total. The monoisotopic (exact) mass is 320 g/mol. The summed E-state index contributed by atoms with van der Waals surface area (Å²) in [7, 11) is 0. The van der Waals surface area contributed by atoms with Crippen molar-refractivity contribution >= 4 is 17.5 Å². The average Bonchev–Trinajstić information content (AvgIpc) is 2.51. The Kier molecular flexibility index (Phi) is 5.75. The topological polar surface area (TPSA) is 73.4 Å². The molecule has 0 fully saturated rings. The molecule has 5 nitrogen and oxygen atoms in total. The van der Waals surface area contributed by atoms with Gasteiger partial charge in [0.2, 0.25) is 5.56 Å². The first-order chi connectivity index (χ1) is 10.6. The molecule has 0 spiro atoms. The quantitative estimate of drug-likeness (QED) is 0.855. The van der Waals surface area contributed by atoms with Gasteiger partial charge < -0.3 is 15.0 Å². The third-order valence-electron chi connectivity index (χ3n) is 3.16. The number of H-pyrrole nitrogens is 1. The van der Waals surface area contributed by atoms with Crippen LogP contribution in [0.25, 0.3) is 0 Å². The number of carbonyl (C=O) groups excluding carboxylic acids is 1. The summed E-state index contributed by atoms with van der Waals surface area (Å²) in [5.74, 6) is -0.250. The average molecular weight is 321 g/mol. The lowest BCUT2D eigenvalue weighted by Gasteiger charge is -2.22. The Hall–Kier alpha value is -2.11. The zero-order valence-corrected chi connectivity index (χ0v) is 12.7.